The van der Waals surface area contributed by atoms with Crippen molar-refractivity contribution < 1.29 is 0 Å². The average molecular weight is 233 g/mol. The third-order valence-corrected chi connectivity index (χ3v) is 3.35. The lowest BCUT2D eigenvalue weighted by atomic mass is 10.0. The molecule has 1 unspecified atom stereocenters. The highest BCUT2D eigenvalue weighted by atomic mass is 15.2. The van der Waals surface area contributed by atoms with E-state index in [2.05, 4.69) is 60.5 Å². The molecule has 0 aromatic heterocycles. The maximum atomic E-state index is 3.47. The zero-order valence-corrected chi connectivity index (χ0v) is 11.1. The van der Waals surface area contributed by atoms with Crippen LogP contribution in [0.25, 0.3) is 0 Å². The van der Waals surface area contributed by atoms with Crippen LogP contribution in [0.3, 0.4) is 0 Å². The predicted molar refractivity (Wildman–Crippen MR) is 72.1 cm³/mol. The molecular formula is C14H23N3. The first-order chi connectivity index (χ1) is 8.16. The van der Waals surface area contributed by atoms with Crippen LogP contribution in [0.4, 0.5) is 0 Å². The zero-order valence-electron chi connectivity index (χ0n) is 11.1. The Balaban J connectivity index is 2.14. The smallest absolute Gasteiger partial charge is 0.0470 e. The number of hydrogen-bond donors (Lipinski definition) is 1. The molecule has 0 amide bonds. The number of rotatable bonds is 3. The quantitative estimate of drug-likeness (QED) is 0.849. The van der Waals surface area contributed by atoms with Gasteiger partial charge in [-0.1, -0.05) is 24.3 Å². The zero-order chi connectivity index (χ0) is 12.3. The van der Waals surface area contributed by atoms with Crippen LogP contribution in [-0.2, 0) is 6.54 Å². The largest absolute Gasteiger partial charge is 0.314 e. The van der Waals surface area contributed by atoms with Crippen LogP contribution in [0.15, 0.2) is 24.3 Å². The fraction of sp³-hybridized carbons (Fsp3) is 0.571. The first kappa shape index (κ1) is 12.6. The van der Waals surface area contributed by atoms with Crippen molar-refractivity contribution in [1.29, 1.82) is 0 Å². The first-order valence-corrected chi connectivity index (χ1v) is 6.31. The van der Waals surface area contributed by atoms with Gasteiger partial charge < -0.3 is 10.2 Å². The summed E-state index contributed by atoms with van der Waals surface area (Å²) in [5.74, 6) is 0. The molecule has 1 aromatic carbocycles. The summed E-state index contributed by atoms with van der Waals surface area (Å²) in [6.45, 7) is 4.30. The fourth-order valence-electron chi connectivity index (χ4n) is 2.44. The number of benzene rings is 1. The van der Waals surface area contributed by atoms with Gasteiger partial charge in [-0.2, -0.15) is 0 Å². The highest BCUT2D eigenvalue weighted by molar-refractivity contribution is 5.26. The SMILES string of the molecule is CN(C)Cc1cccc(C2CNCCN2C)c1. The van der Waals surface area contributed by atoms with E-state index < -0.39 is 0 Å². The van der Waals surface area contributed by atoms with E-state index in [1.54, 1.807) is 0 Å². The lowest BCUT2D eigenvalue weighted by Gasteiger charge is -2.33. The van der Waals surface area contributed by atoms with E-state index in [0.717, 1.165) is 26.2 Å². The van der Waals surface area contributed by atoms with Crippen molar-refractivity contribution in [3.05, 3.63) is 35.4 Å². The van der Waals surface area contributed by atoms with Crippen LogP contribution in [0, 0.1) is 0 Å². The molecule has 17 heavy (non-hydrogen) atoms. The summed E-state index contributed by atoms with van der Waals surface area (Å²) in [6.07, 6.45) is 0. The Kier molecular flexibility index (Phi) is 4.15. The van der Waals surface area contributed by atoms with Crippen molar-refractivity contribution in [2.45, 2.75) is 12.6 Å². The second-order valence-corrected chi connectivity index (χ2v) is 5.18. The van der Waals surface area contributed by atoms with Gasteiger partial charge in [0.1, 0.15) is 0 Å². The van der Waals surface area contributed by atoms with Gasteiger partial charge >= 0.3 is 0 Å². The molecule has 3 nitrogen and oxygen atoms in total. The molecule has 1 saturated heterocycles. The second kappa shape index (κ2) is 5.63. The average Bonchev–Trinajstić information content (AvgIpc) is 2.29. The minimum atomic E-state index is 0.519. The fourth-order valence-corrected chi connectivity index (χ4v) is 2.44. The minimum absolute atomic E-state index is 0.519. The molecule has 94 valence electrons. The van der Waals surface area contributed by atoms with Crippen LogP contribution in [0.1, 0.15) is 17.2 Å². The summed E-state index contributed by atoms with van der Waals surface area (Å²) in [7, 11) is 6.44. The highest BCUT2D eigenvalue weighted by Gasteiger charge is 2.20. The molecule has 1 atom stereocenters. The van der Waals surface area contributed by atoms with E-state index in [4.69, 9.17) is 0 Å². The molecule has 1 fully saturated rings. The van der Waals surface area contributed by atoms with Crippen molar-refractivity contribution in [2.24, 2.45) is 0 Å². The van der Waals surface area contributed by atoms with E-state index in [9.17, 15) is 0 Å². The van der Waals surface area contributed by atoms with Crippen LogP contribution >= 0.6 is 0 Å². The topological polar surface area (TPSA) is 18.5 Å². The number of hydrogen-bond acceptors (Lipinski definition) is 3. The normalized spacial score (nSPS) is 22.0. The van der Waals surface area contributed by atoms with Gasteiger partial charge in [-0.05, 0) is 32.3 Å². The van der Waals surface area contributed by atoms with Crippen LogP contribution in [-0.4, -0.2) is 50.6 Å². The number of piperazine rings is 1. The van der Waals surface area contributed by atoms with Crippen molar-refractivity contribution in [3.63, 3.8) is 0 Å². The molecule has 0 aliphatic carbocycles. The van der Waals surface area contributed by atoms with Crippen molar-refractivity contribution in [3.8, 4) is 0 Å². The van der Waals surface area contributed by atoms with Crippen molar-refractivity contribution in [2.75, 3.05) is 40.8 Å². The van der Waals surface area contributed by atoms with Gasteiger partial charge in [0, 0.05) is 32.2 Å². The molecule has 1 aliphatic rings. The van der Waals surface area contributed by atoms with Crippen LogP contribution in [0.5, 0.6) is 0 Å². The molecule has 1 heterocycles. The Morgan fingerprint density at radius 1 is 1.41 bits per heavy atom. The number of nitrogens with zero attached hydrogens (tertiary/aromatic N) is 2. The van der Waals surface area contributed by atoms with Gasteiger partial charge in [0.15, 0.2) is 0 Å². The monoisotopic (exact) mass is 233 g/mol. The lowest BCUT2D eigenvalue weighted by Crippen LogP contribution is -2.43. The molecule has 2 rings (SSSR count). The Morgan fingerprint density at radius 2 is 2.24 bits per heavy atom. The van der Waals surface area contributed by atoms with Gasteiger partial charge in [-0.25, -0.2) is 0 Å². The van der Waals surface area contributed by atoms with E-state index >= 15 is 0 Å². The lowest BCUT2D eigenvalue weighted by molar-refractivity contribution is 0.202. The first-order valence-electron chi connectivity index (χ1n) is 6.31. The summed E-state index contributed by atoms with van der Waals surface area (Å²) < 4.78 is 0. The standard InChI is InChI=1S/C14H23N3/c1-16(2)11-12-5-4-6-13(9-12)14-10-15-7-8-17(14)3/h4-6,9,14-15H,7-8,10-11H2,1-3H3. The molecule has 0 saturated carbocycles. The molecule has 1 N–H and O–H groups in total. The minimum Gasteiger partial charge on any atom is -0.314 e. The second-order valence-electron chi connectivity index (χ2n) is 5.18. The molecule has 3 heteroatoms. The molecule has 0 radical (unpaired) electrons. The van der Waals surface area contributed by atoms with Gasteiger partial charge in [0.05, 0.1) is 0 Å². The van der Waals surface area contributed by atoms with Gasteiger partial charge in [0.25, 0.3) is 0 Å². The van der Waals surface area contributed by atoms with Crippen molar-refractivity contribution >= 4 is 0 Å². The predicted octanol–water partition coefficient (Wildman–Crippen LogP) is 1.32. The molecular weight excluding hydrogens is 210 g/mol. The number of likely N-dealkylation sites (N-methyl/N-ethyl adjacent to an activating group) is 1. The van der Waals surface area contributed by atoms with Crippen LogP contribution in [0.2, 0.25) is 0 Å². The Labute approximate surface area is 104 Å². The molecule has 0 bridgehead atoms. The maximum Gasteiger partial charge on any atom is 0.0470 e. The summed E-state index contributed by atoms with van der Waals surface area (Å²) in [5, 5.41) is 3.47. The molecule has 1 aromatic rings. The van der Waals surface area contributed by atoms with E-state index in [1.807, 2.05) is 0 Å². The van der Waals surface area contributed by atoms with E-state index in [-0.39, 0.29) is 0 Å². The van der Waals surface area contributed by atoms with Gasteiger partial charge in [-0.15, -0.1) is 0 Å². The number of nitrogens with one attached hydrogen (secondary N) is 1. The van der Waals surface area contributed by atoms with Gasteiger partial charge in [-0.3, -0.25) is 4.90 Å². The Bertz CT molecular complexity index is 362. The summed E-state index contributed by atoms with van der Waals surface area (Å²) in [6, 6.07) is 9.49. The summed E-state index contributed by atoms with van der Waals surface area (Å²) in [4.78, 5) is 4.65. The van der Waals surface area contributed by atoms with Crippen LogP contribution < -0.4 is 5.32 Å². The molecule has 0 spiro atoms. The van der Waals surface area contributed by atoms with Gasteiger partial charge in [0.2, 0.25) is 0 Å². The third kappa shape index (κ3) is 3.28. The Morgan fingerprint density at radius 3 is 2.94 bits per heavy atom. The third-order valence-electron chi connectivity index (χ3n) is 3.35. The highest BCUT2D eigenvalue weighted by Crippen LogP contribution is 2.21. The summed E-state index contributed by atoms with van der Waals surface area (Å²) in [5.41, 5.74) is 2.82. The summed E-state index contributed by atoms with van der Waals surface area (Å²) >= 11 is 0. The maximum absolute atomic E-state index is 3.47. The molecule has 1 aliphatic heterocycles. The van der Waals surface area contributed by atoms with Crippen molar-refractivity contribution in [1.82, 2.24) is 15.1 Å². The van der Waals surface area contributed by atoms with E-state index in [1.165, 1.54) is 11.1 Å². The van der Waals surface area contributed by atoms with E-state index in [0.29, 0.717) is 6.04 Å². The Hall–Kier alpha value is -0.900.